The molecule has 0 unspecified atom stereocenters. The van der Waals surface area contributed by atoms with Crippen molar-refractivity contribution in [3.8, 4) is 11.3 Å². The zero-order valence-electron chi connectivity index (χ0n) is 18.3. The number of sulfonamides is 1. The van der Waals surface area contributed by atoms with Gasteiger partial charge in [0.2, 0.25) is 0 Å². The van der Waals surface area contributed by atoms with Crippen LogP contribution in [0.25, 0.3) is 11.3 Å². The number of anilines is 2. The van der Waals surface area contributed by atoms with Gasteiger partial charge in [-0.3, -0.25) is 14.8 Å². The molecule has 0 atom stereocenters. The normalized spacial score (nSPS) is 13.2. The van der Waals surface area contributed by atoms with Crippen molar-refractivity contribution in [1.82, 2.24) is 4.98 Å². The van der Waals surface area contributed by atoms with Crippen molar-refractivity contribution in [2.24, 2.45) is 0 Å². The van der Waals surface area contributed by atoms with Crippen LogP contribution in [0.2, 0.25) is 0 Å². The van der Waals surface area contributed by atoms with Crippen molar-refractivity contribution in [2.75, 3.05) is 10.0 Å². The van der Waals surface area contributed by atoms with Crippen molar-refractivity contribution in [2.45, 2.75) is 30.6 Å². The van der Waals surface area contributed by atoms with E-state index in [-0.39, 0.29) is 10.8 Å². The number of hydrogen-bond acceptors (Lipinski definition) is 5. The molecule has 4 aromatic rings. The van der Waals surface area contributed by atoms with Crippen LogP contribution in [0.3, 0.4) is 0 Å². The standard InChI is InChI=1S/C26H23N3O3S2/c30-25(21-9-6-10-22(16-21)29-34(31,32)23-11-2-1-3-12-23)28-26-27-24(17-33-26)20-14-13-18-7-4-5-8-19(18)15-20/h1-3,6,9-17,29H,4-5,7-8H2,(H,27,28,30). The van der Waals surface area contributed by atoms with Crippen molar-refractivity contribution < 1.29 is 13.2 Å². The van der Waals surface area contributed by atoms with Gasteiger partial charge >= 0.3 is 0 Å². The van der Waals surface area contributed by atoms with Gasteiger partial charge in [0.15, 0.2) is 5.13 Å². The molecule has 172 valence electrons. The minimum atomic E-state index is -3.74. The molecule has 1 aliphatic carbocycles. The molecule has 0 saturated heterocycles. The number of nitrogens with zero attached hydrogens (tertiary/aromatic N) is 1. The van der Waals surface area contributed by atoms with E-state index in [2.05, 4.69) is 33.2 Å². The molecule has 0 spiro atoms. The summed E-state index contributed by atoms with van der Waals surface area (Å²) in [6.45, 7) is 0. The summed E-state index contributed by atoms with van der Waals surface area (Å²) in [6, 6.07) is 21.0. The highest BCUT2D eigenvalue weighted by Gasteiger charge is 2.16. The van der Waals surface area contributed by atoms with Crippen LogP contribution in [0, 0.1) is 0 Å². The summed E-state index contributed by atoms with van der Waals surface area (Å²) in [6.07, 6.45) is 4.69. The predicted molar refractivity (Wildman–Crippen MR) is 136 cm³/mol. The van der Waals surface area contributed by atoms with E-state index in [4.69, 9.17) is 0 Å². The summed E-state index contributed by atoms with van der Waals surface area (Å²) >= 11 is 1.36. The SMILES string of the molecule is O=C(Nc1nc(-c2ccc3c(c2)CCCC3)cs1)c1cccc(NS(=O)(=O)c2ccccc2)c1. The fourth-order valence-corrected chi connectivity index (χ4v) is 5.85. The monoisotopic (exact) mass is 489 g/mol. The second-order valence-corrected chi connectivity index (χ2v) is 10.7. The predicted octanol–water partition coefficient (Wildman–Crippen LogP) is 5.74. The van der Waals surface area contributed by atoms with Crippen LogP contribution in [-0.2, 0) is 22.9 Å². The average molecular weight is 490 g/mol. The van der Waals surface area contributed by atoms with E-state index in [0.29, 0.717) is 16.4 Å². The van der Waals surface area contributed by atoms with Crippen LogP contribution in [0.15, 0.2) is 83.1 Å². The molecule has 1 aliphatic rings. The second kappa shape index (κ2) is 9.40. The van der Waals surface area contributed by atoms with Gasteiger partial charge in [0.1, 0.15) is 0 Å². The van der Waals surface area contributed by atoms with Gasteiger partial charge in [-0.05, 0) is 73.2 Å². The highest BCUT2D eigenvalue weighted by molar-refractivity contribution is 7.92. The first-order valence-corrected chi connectivity index (χ1v) is 13.4. The number of hydrogen-bond donors (Lipinski definition) is 2. The van der Waals surface area contributed by atoms with Crippen molar-refractivity contribution in [1.29, 1.82) is 0 Å². The molecule has 8 heteroatoms. The third-order valence-corrected chi connectivity index (χ3v) is 7.95. The lowest BCUT2D eigenvalue weighted by Gasteiger charge is -2.16. The Bertz CT molecular complexity index is 1450. The largest absolute Gasteiger partial charge is 0.298 e. The smallest absolute Gasteiger partial charge is 0.261 e. The summed E-state index contributed by atoms with van der Waals surface area (Å²) in [5.74, 6) is -0.355. The Balaban J connectivity index is 1.30. The molecular formula is C26H23N3O3S2. The Morgan fingerprint density at radius 3 is 2.50 bits per heavy atom. The molecule has 0 radical (unpaired) electrons. The number of nitrogens with one attached hydrogen (secondary N) is 2. The maximum absolute atomic E-state index is 12.8. The molecular weight excluding hydrogens is 466 g/mol. The Labute approximate surface area is 202 Å². The first kappa shape index (κ1) is 22.3. The molecule has 34 heavy (non-hydrogen) atoms. The number of aryl methyl sites for hydroxylation is 2. The van der Waals surface area contributed by atoms with E-state index in [1.165, 1.54) is 53.5 Å². The number of carbonyl (C=O) groups excluding carboxylic acids is 1. The van der Waals surface area contributed by atoms with Gasteiger partial charge in [-0.1, -0.05) is 36.4 Å². The third kappa shape index (κ3) is 4.88. The fraction of sp³-hybridized carbons (Fsp3) is 0.154. The van der Waals surface area contributed by atoms with Crippen molar-refractivity contribution in [3.63, 3.8) is 0 Å². The van der Waals surface area contributed by atoms with Crippen molar-refractivity contribution in [3.05, 3.63) is 94.9 Å². The number of fused-ring (bicyclic) bond motifs is 1. The molecule has 2 N–H and O–H groups in total. The molecule has 1 heterocycles. The zero-order chi connectivity index (χ0) is 23.5. The lowest BCUT2D eigenvalue weighted by molar-refractivity contribution is 0.102. The van der Waals surface area contributed by atoms with Gasteiger partial charge < -0.3 is 0 Å². The lowest BCUT2D eigenvalue weighted by Crippen LogP contribution is -2.15. The quantitative estimate of drug-likeness (QED) is 0.361. The van der Waals surface area contributed by atoms with E-state index < -0.39 is 10.0 Å². The van der Waals surface area contributed by atoms with Gasteiger partial charge in [-0.25, -0.2) is 13.4 Å². The summed E-state index contributed by atoms with van der Waals surface area (Å²) in [5, 5.41) is 5.25. The molecule has 6 nitrogen and oxygen atoms in total. The van der Waals surface area contributed by atoms with E-state index in [9.17, 15) is 13.2 Å². The van der Waals surface area contributed by atoms with Crippen molar-refractivity contribution >= 4 is 38.1 Å². The molecule has 5 rings (SSSR count). The highest BCUT2D eigenvalue weighted by atomic mass is 32.2. The molecule has 0 aliphatic heterocycles. The molecule has 1 aromatic heterocycles. The number of benzene rings is 3. The topological polar surface area (TPSA) is 88.2 Å². The summed E-state index contributed by atoms with van der Waals surface area (Å²) in [7, 11) is -3.74. The van der Waals surface area contributed by atoms with E-state index in [1.807, 2.05) is 5.38 Å². The number of amides is 1. The van der Waals surface area contributed by atoms with Crippen LogP contribution >= 0.6 is 11.3 Å². The summed E-state index contributed by atoms with van der Waals surface area (Å²) < 4.78 is 27.7. The third-order valence-electron chi connectivity index (χ3n) is 5.80. The van der Waals surface area contributed by atoms with Crippen LogP contribution in [0.5, 0.6) is 0 Å². The minimum Gasteiger partial charge on any atom is -0.298 e. The van der Waals surface area contributed by atoms with Crippen LogP contribution < -0.4 is 10.0 Å². The zero-order valence-corrected chi connectivity index (χ0v) is 20.0. The second-order valence-electron chi connectivity index (χ2n) is 8.18. The van der Waals surface area contributed by atoms with E-state index >= 15 is 0 Å². The first-order chi connectivity index (χ1) is 16.5. The van der Waals surface area contributed by atoms with Gasteiger partial charge in [-0.15, -0.1) is 11.3 Å². The number of carbonyl (C=O) groups is 1. The fourth-order valence-electron chi connectivity index (χ4n) is 4.06. The first-order valence-electron chi connectivity index (χ1n) is 11.0. The molecule has 3 aromatic carbocycles. The van der Waals surface area contributed by atoms with Gasteiger partial charge in [-0.2, -0.15) is 0 Å². The maximum Gasteiger partial charge on any atom is 0.261 e. The minimum absolute atomic E-state index is 0.155. The molecule has 1 amide bonds. The number of thiazole rings is 1. The number of rotatable bonds is 6. The Morgan fingerprint density at radius 2 is 1.68 bits per heavy atom. The van der Waals surface area contributed by atoms with Crippen LogP contribution in [-0.4, -0.2) is 19.3 Å². The molecule has 0 bridgehead atoms. The van der Waals surface area contributed by atoms with E-state index in [0.717, 1.165) is 24.1 Å². The average Bonchev–Trinajstić information content (AvgIpc) is 3.32. The Kier molecular flexibility index (Phi) is 6.17. The summed E-state index contributed by atoms with van der Waals surface area (Å²) in [5.41, 5.74) is 5.33. The van der Waals surface area contributed by atoms with Gasteiger partial charge in [0, 0.05) is 22.2 Å². The molecule has 0 fully saturated rings. The summed E-state index contributed by atoms with van der Waals surface area (Å²) in [4.78, 5) is 17.6. The Morgan fingerprint density at radius 1 is 0.882 bits per heavy atom. The van der Waals surface area contributed by atoms with E-state index in [1.54, 1.807) is 36.4 Å². The number of aromatic nitrogens is 1. The Hall–Kier alpha value is -3.49. The highest BCUT2D eigenvalue weighted by Crippen LogP contribution is 2.30. The van der Waals surface area contributed by atoms with Crippen LogP contribution in [0.1, 0.15) is 34.3 Å². The lowest BCUT2D eigenvalue weighted by atomic mass is 9.90. The molecule has 0 saturated carbocycles. The van der Waals surface area contributed by atoms with Crippen LogP contribution in [0.4, 0.5) is 10.8 Å². The van der Waals surface area contributed by atoms with Gasteiger partial charge in [0.25, 0.3) is 15.9 Å². The maximum atomic E-state index is 12.8. The van der Waals surface area contributed by atoms with Gasteiger partial charge in [0.05, 0.1) is 10.6 Å².